The van der Waals surface area contributed by atoms with E-state index in [4.69, 9.17) is 0 Å². The van der Waals surface area contributed by atoms with Crippen molar-refractivity contribution in [2.75, 3.05) is 26.3 Å². The first kappa shape index (κ1) is 22.7. The normalized spacial score (nSPS) is 17.8. The van der Waals surface area contributed by atoms with E-state index in [1.54, 1.807) is 0 Å². The molecule has 2 aromatic rings. The molecule has 4 rings (SSSR count). The van der Waals surface area contributed by atoms with Crippen molar-refractivity contribution in [2.24, 2.45) is 0 Å². The molecule has 2 aromatic heterocycles. The van der Waals surface area contributed by atoms with Crippen LogP contribution in [-0.2, 0) is 0 Å². The summed E-state index contributed by atoms with van der Waals surface area (Å²) in [5.74, 6) is -1.31. The van der Waals surface area contributed by atoms with E-state index in [1.165, 1.54) is 16.7 Å². The predicted molar refractivity (Wildman–Crippen MR) is 117 cm³/mol. The number of likely N-dealkylation sites (tertiary alicyclic amines) is 1. The number of fused-ring (bicyclic) bond motifs is 1. The van der Waals surface area contributed by atoms with Crippen LogP contribution in [-0.4, -0.2) is 46.7 Å². The molecule has 30 heavy (non-hydrogen) atoms. The van der Waals surface area contributed by atoms with Crippen LogP contribution in [0, 0.1) is 12.7 Å². The Morgan fingerprint density at radius 1 is 1.23 bits per heavy atom. The smallest absolute Gasteiger partial charge is 0.341 e. The fourth-order valence-corrected chi connectivity index (χ4v) is 4.68. The van der Waals surface area contributed by atoms with Gasteiger partial charge in [0.1, 0.15) is 11.4 Å². The number of piperidine rings is 1. The summed E-state index contributed by atoms with van der Waals surface area (Å²) in [6.45, 7) is 7.54. The van der Waals surface area contributed by atoms with Crippen LogP contribution >= 0.6 is 12.4 Å². The lowest BCUT2D eigenvalue weighted by Gasteiger charge is -2.33. The largest absolute Gasteiger partial charge is 0.477 e. The first-order chi connectivity index (χ1) is 13.9. The van der Waals surface area contributed by atoms with Crippen molar-refractivity contribution in [2.45, 2.75) is 51.4 Å². The van der Waals surface area contributed by atoms with Crippen LogP contribution in [0.3, 0.4) is 0 Å². The molecule has 2 fully saturated rings. The van der Waals surface area contributed by atoms with Gasteiger partial charge in [0.2, 0.25) is 0 Å². The molecule has 0 bridgehead atoms. The summed E-state index contributed by atoms with van der Waals surface area (Å²) in [5.41, 5.74) is 2.10. The van der Waals surface area contributed by atoms with Gasteiger partial charge in [0.25, 0.3) is 5.56 Å². The van der Waals surface area contributed by atoms with Gasteiger partial charge < -0.3 is 10.4 Å². The highest BCUT2D eigenvalue weighted by Crippen LogP contribution is 2.44. The van der Waals surface area contributed by atoms with E-state index in [1.807, 2.05) is 6.92 Å². The minimum Gasteiger partial charge on any atom is -0.477 e. The Balaban J connectivity index is 0.00000256. The lowest BCUT2D eigenvalue weighted by molar-refractivity contribution is 0.0694. The quantitative estimate of drug-likeness (QED) is 0.723. The number of rotatable bonds is 6. The maximum absolute atomic E-state index is 15.2. The Labute approximate surface area is 181 Å². The molecule has 0 unspecified atom stereocenters. The number of carbonyl (C=O) groups is 1. The Morgan fingerprint density at radius 2 is 1.90 bits per heavy atom. The van der Waals surface area contributed by atoms with E-state index in [0.29, 0.717) is 11.1 Å². The summed E-state index contributed by atoms with van der Waals surface area (Å²) >= 11 is 0. The molecule has 8 heteroatoms. The minimum absolute atomic E-state index is 0. The van der Waals surface area contributed by atoms with Crippen molar-refractivity contribution in [1.82, 2.24) is 14.6 Å². The molecule has 1 aliphatic carbocycles. The van der Waals surface area contributed by atoms with E-state index >= 15 is 4.39 Å². The third kappa shape index (κ3) is 4.11. The van der Waals surface area contributed by atoms with E-state index in [0.717, 1.165) is 63.1 Å². The number of nitrogens with one attached hydrogen (secondary N) is 1. The van der Waals surface area contributed by atoms with Crippen molar-refractivity contribution < 1.29 is 14.3 Å². The fourth-order valence-electron chi connectivity index (χ4n) is 4.68. The van der Waals surface area contributed by atoms with Crippen LogP contribution in [0.15, 0.2) is 17.1 Å². The Bertz CT molecular complexity index is 1010. The molecule has 6 nitrogen and oxygen atoms in total. The minimum atomic E-state index is -1.26. The van der Waals surface area contributed by atoms with Crippen LogP contribution in [0.5, 0.6) is 0 Å². The van der Waals surface area contributed by atoms with Crippen molar-refractivity contribution in [1.29, 1.82) is 0 Å². The topological polar surface area (TPSA) is 74.0 Å². The second-order valence-corrected chi connectivity index (χ2v) is 8.29. The van der Waals surface area contributed by atoms with E-state index in [2.05, 4.69) is 17.1 Å². The number of pyridine rings is 2. The summed E-state index contributed by atoms with van der Waals surface area (Å²) in [6.07, 6.45) is 4.90. The van der Waals surface area contributed by atoms with Gasteiger partial charge >= 0.3 is 5.97 Å². The lowest BCUT2D eigenvalue weighted by atomic mass is 9.85. The van der Waals surface area contributed by atoms with Gasteiger partial charge in [-0.25, -0.2) is 9.18 Å². The van der Waals surface area contributed by atoms with Gasteiger partial charge in [-0.1, -0.05) is 6.92 Å². The summed E-state index contributed by atoms with van der Waals surface area (Å²) in [7, 11) is 0. The monoisotopic (exact) mass is 437 g/mol. The van der Waals surface area contributed by atoms with Crippen molar-refractivity contribution in [3.8, 4) is 0 Å². The van der Waals surface area contributed by atoms with E-state index < -0.39 is 17.3 Å². The maximum Gasteiger partial charge on any atom is 0.341 e. The lowest BCUT2D eigenvalue weighted by Crippen LogP contribution is -2.39. The Morgan fingerprint density at radius 3 is 2.47 bits per heavy atom. The number of carboxylic acid groups (broad SMARTS) is 1. The number of aryl methyl sites for hydroxylation is 1. The van der Waals surface area contributed by atoms with Crippen LogP contribution in [0.25, 0.3) is 5.52 Å². The molecular weight excluding hydrogens is 409 g/mol. The van der Waals surface area contributed by atoms with Gasteiger partial charge in [-0.2, -0.15) is 0 Å². The number of nitrogens with zero attached hydrogens (tertiary/aromatic N) is 2. The first-order valence-corrected chi connectivity index (χ1v) is 10.5. The summed E-state index contributed by atoms with van der Waals surface area (Å²) in [4.78, 5) is 26.6. The molecule has 1 saturated carbocycles. The summed E-state index contributed by atoms with van der Waals surface area (Å²) < 4.78 is 16.4. The molecule has 0 atom stereocenters. The number of halogens is 2. The van der Waals surface area contributed by atoms with Crippen molar-refractivity contribution in [3.63, 3.8) is 0 Å². The van der Waals surface area contributed by atoms with Gasteiger partial charge in [-0.15, -0.1) is 12.4 Å². The molecule has 0 spiro atoms. The predicted octanol–water partition coefficient (Wildman–Crippen LogP) is 3.49. The van der Waals surface area contributed by atoms with Gasteiger partial charge in [0, 0.05) is 12.9 Å². The highest BCUT2D eigenvalue weighted by molar-refractivity contribution is 5.88. The maximum atomic E-state index is 15.2. The zero-order chi connectivity index (χ0) is 20.7. The molecule has 1 aliphatic heterocycles. The zero-order valence-electron chi connectivity index (χ0n) is 17.4. The highest BCUT2D eigenvalue weighted by atomic mass is 35.5. The molecule has 164 valence electrons. The number of hydrogen-bond acceptors (Lipinski definition) is 4. The van der Waals surface area contributed by atoms with Crippen molar-refractivity contribution >= 4 is 23.9 Å². The average molecular weight is 438 g/mol. The van der Waals surface area contributed by atoms with Crippen LogP contribution in [0.2, 0.25) is 0 Å². The number of aromatic carboxylic acids is 1. The van der Waals surface area contributed by atoms with Gasteiger partial charge in [0.05, 0.1) is 5.52 Å². The average Bonchev–Trinajstić information content (AvgIpc) is 3.53. The van der Waals surface area contributed by atoms with Crippen LogP contribution in [0.4, 0.5) is 4.39 Å². The Kier molecular flexibility index (Phi) is 6.84. The SMILES string of the molecule is CCNCN1CCC(c2c(F)cn3c(=O)c(C(=O)O)cc(C4CC4)c3c2C)CC1.Cl. The molecule has 0 amide bonds. The summed E-state index contributed by atoms with van der Waals surface area (Å²) in [5, 5.41) is 12.8. The molecular formula is C22H29ClFN3O3. The van der Waals surface area contributed by atoms with Crippen LogP contribution in [0.1, 0.15) is 71.5 Å². The molecule has 3 heterocycles. The van der Waals surface area contributed by atoms with E-state index in [-0.39, 0.29) is 29.8 Å². The van der Waals surface area contributed by atoms with Crippen LogP contribution < -0.4 is 10.9 Å². The number of hydrogen-bond donors (Lipinski definition) is 2. The Hall–Kier alpha value is -1.96. The molecule has 2 N–H and O–H groups in total. The third-order valence-corrected chi connectivity index (χ3v) is 6.35. The van der Waals surface area contributed by atoms with Gasteiger partial charge in [-0.3, -0.25) is 14.1 Å². The van der Waals surface area contributed by atoms with Gasteiger partial charge in [-0.05, 0) is 86.8 Å². The number of aromatic nitrogens is 1. The van der Waals surface area contributed by atoms with Crippen molar-refractivity contribution in [3.05, 3.63) is 50.7 Å². The highest BCUT2D eigenvalue weighted by Gasteiger charge is 2.31. The van der Waals surface area contributed by atoms with Gasteiger partial charge in [0.15, 0.2) is 0 Å². The number of carboxylic acids is 1. The molecule has 0 aromatic carbocycles. The van der Waals surface area contributed by atoms with E-state index in [9.17, 15) is 14.7 Å². The first-order valence-electron chi connectivity index (χ1n) is 10.5. The molecule has 1 saturated heterocycles. The molecule has 0 radical (unpaired) electrons. The second-order valence-electron chi connectivity index (χ2n) is 8.29. The summed E-state index contributed by atoms with van der Waals surface area (Å²) in [6, 6.07) is 1.52. The zero-order valence-corrected chi connectivity index (χ0v) is 18.2. The fraction of sp³-hybridized carbons (Fsp3) is 0.545. The standard InChI is InChI=1S/C22H28FN3O3.ClH/c1-3-24-12-25-8-6-15(7-9-25)19-13(2)20-16(14-4-5-14)10-17(22(28)29)21(27)26(20)11-18(19)23;/h10-11,14-15,24H,3-9,12H2,1-2H3,(H,28,29);1H. The second kappa shape index (κ2) is 9.04. The molecule has 2 aliphatic rings. The third-order valence-electron chi connectivity index (χ3n) is 6.35.